The number of piperazine rings is 1. The van der Waals surface area contributed by atoms with Gasteiger partial charge in [0.1, 0.15) is 23.4 Å². The molecule has 4 aliphatic rings. The van der Waals surface area contributed by atoms with Crippen LogP contribution in [0.4, 0.5) is 5.69 Å². The van der Waals surface area contributed by atoms with Gasteiger partial charge in [-0.2, -0.15) is 5.10 Å². The highest BCUT2D eigenvalue weighted by atomic mass is 16.7. The predicted octanol–water partition coefficient (Wildman–Crippen LogP) is 3.99. The van der Waals surface area contributed by atoms with Crippen molar-refractivity contribution in [3.8, 4) is 23.0 Å². The summed E-state index contributed by atoms with van der Waals surface area (Å²) in [7, 11) is 1.44. The number of aliphatic hydroxyl groups is 2. The smallest absolute Gasteiger partial charge is 0.312 e. The van der Waals surface area contributed by atoms with Crippen molar-refractivity contribution in [1.29, 1.82) is 0 Å². The Morgan fingerprint density at radius 2 is 1.64 bits per heavy atom. The first-order valence-electron chi connectivity index (χ1n) is 19.4. The largest absolute Gasteiger partial charge is 0.507 e. The number of allylic oxidation sites excluding steroid dienone is 2. The molecule has 2 aromatic rings. The maximum absolute atomic E-state index is 14.4. The Labute approximate surface area is 337 Å². The molecule has 16 heteroatoms. The summed E-state index contributed by atoms with van der Waals surface area (Å²) >= 11 is 0. The van der Waals surface area contributed by atoms with Crippen LogP contribution in [-0.2, 0) is 23.8 Å². The van der Waals surface area contributed by atoms with Gasteiger partial charge in [-0.15, -0.1) is 0 Å². The van der Waals surface area contributed by atoms with Crippen LogP contribution in [0.25, 0.3) is 10.8 Å². The van der Waals surface area contributed by atoms with Crippen molar-refractivity contribution in [1.82, 2.24) is 10.3 Å². The molecule has 4 aliphatic heterocycles. The highest BCUT2D eigenvalue weighted by Crippen LogP contribution is 2.55. The van der Waals surface area contributed by atoms with Crippen LogP contribution in [0.2, 0.25) is 0 Å². The molecule has 1 amide bonds. The summed E-state index contributed by atoms with van der Waals surface area (Å²) < 4.78 is 23.6. The number of aromatic hydroxyl groups is 3. The van der Waals surface area contributed by atoms with E-state index < -0.39 is 88.8 Å². The fourth-order valence-electron chi connectivity index (χ4n) is 7.78. The molecule has 0 unspecified atom stereocenters. The van der Waals surface area contributed by atoms with E-state index in [1.54, 1.807) is 44.9 Å². The number of methoxy groups -OCH3 is 1. The third-order valence-electron chi connectivity index (χ3n) is 11.5. The number of esters is 1. The lowest BCUT2D eigenvalue weighted by Crippen LogP contribution is -2.46. The summed E-state index contributed by atoms with van der Waals surface area (Å²) in [6, 6.07) is 0. The number of phenolic OH excluding ortho intramolecular Hbond substituents is 3. The van der Waals surface area contributed by atoms with E-state index in [9.17, 15) is 39.9 Å². The summed E-state index contributed by atoms with van der Waals surface area (Å²) in [6.07, 6.45) is 4.83. The van der Waals surface area contributed by atoms with E-state index in [2.05, 4.69) is 15.7 Å². The molecule has 0 aliphatic carbocycles. The minimum absolute atomic E-state index is 0.0544. The van der Waals surface area contributed by atoms with Crippen LogP contribution < -0.4 is 15.4 Å². The minimum atomic E-state index is -2.04. The van der Waals surface area contributed by atoms with Gasteiger partial charge in [0, 0.05) is 87.3 Å². The van der Waals surface area contributed by atoms with Crippen molar-refractivity contribution in [2.24, 2.45) is 28.8 Å². The number of hydrazone groups is 1. The van der Waals surface area contributed by atoms with Crippen molar-refractivity contribution >= 4 is 40.3 Å². The van der Waals surface area contributed by atoms with Crippen LogP contribution in [-0.4, -0.2) is 118 Å². The summed E-state index contributed by atoms with van der Waals surface area (Å²) in [5, 5.41) is 69.8. The molecule has 316 valence electrons. The van der Waals surface area contributed by atoms with E-state index in [1.807, 2.05) is 0 Å². The van der Waals surface area contributed by atoms with Gasteiger partial charge in [-0.3, -0.25) is 19.4 Å². The van der Waals surface area contributed by atoms with Crippen LogP contribution in [0, 0.1) is 30.6 Å². The van der Waals surface area contributed by atoms with Crippen LogP contribution in [0.5, 0.6) is 23.0 Å². The first kappa shape index (κ1) is 44.0. The summed E-state index contributed by atoms with van der Waals surface area (Å²) in [6.45, 7) is 14.9. The first-order valence-corrected chi connectivity index (χ1v) is 19.4. The number of nitrogens with zero attached hydrogens (tertiary/aromatic N) is 2. The first-order chi connectivity index (χ1) is 27.3. The second-order valence-corrected chi connectivity index (χ2v) is 15.6. The summed E-state index contributed by atoms with van der Waals surface area (Å²) in [5.74, 6) is -8.36. The van der Waals surface area contributed by atoms with Crippen molar-refractivity contribution in [2.45, 2.75) is 85.6 Å². The molecule has 1 fully saturated rings. The minimum Gasteiger partial charge on any atom is -0.507 e. The van der Waals surface area contributed by atoms with E-state index in [0.29, 0.717) is 26.2 Å². The molecular formula is C42H56N4O12. The maximum Gasteiger partial charge on any atom is 0.312 e. The van der Waals surface area contributed by atoms with Gasteiger partial charge >= 0.3 is 11.8 Å². The normalized spacial score (nSPS) is 32.1. The Kier molecular flexibility index (Phi) is 13.5. The number of carbonyl (C=O) groups is 3. The lowest BCUT2D eigenvalue weighted by atomic mass is 9.78. The molecular weight excluding hydrogens is 752 g/mol. The van der Waals surface area contributed by atoms with Crippen LogP contribution in [0.15, 0.2) is 41.2 Å². The molecule has 0 spiro atoms. The number of hydrogen-bond donors (Lipinski definition) is 7. The molecule has 0 aromatic heterocycles. The van der Waals surface area contributed by atoms with E-state index in [1.165, 1.54) is 59.4 Å². The molecule has 7 N–H and O–H groups in total. The number of hydrogen-bond acceptors (Lipinski definition) is 15. The van der Waals surface area contributed by atoms with Crippen molar-refractivity contribution in [3.63, 3.8) is 0 Å². The number of benzene rings is 2. The number of amides is 1. The van der Waals surface area contributed by atoms with Crippen molar-refractivity contribution < 1.29 is 58.9 Å². The quantitative estimate of drug-likeness (QED) is 0.100. The third-order valence-corrected chi connectivity index (χ3v) is 11.5. The Morgan fingerprint density at radius 3 is 2.28 bits per heavy atom. The van der Waals surface area contributed by atoms with Gasteiger partial charge < -0.3 is 55.1 Å². The molecule has 58 heavy (non-hydrogen) atoms. The van der Waals surface area contributed by atoms with Crippen LogP contribution in [0.1, 0.15) is 70.0 Å². The van der Waals surface area contributed by atoms with Crippen molar-refractivity contribution in [2.75, 3.05) is 38.6 Å². The fourth-order valence-corrected chi connectivity index (χ4v) is 7.78. The highest BCUT2D eigenvalue weighted by Gasteiger charge is 2.50. The number of nitrogens with one attached hydrogen (secondary N) is 2. The number of aliphatic hydroxyl groups excluding tert-OH is 2. The molecule has 1 saturated heterocycles. The zero-order chi connectivity index (χ0) is 42.8. The van der Waals surface area contributed by atoms with E-state index in [4.69, 9.17) is 18.9 Å². The molecule has 5 bridgehead atoms. The van der Waals surface area contributed by atoms with Gasteiger partial charge in [-0.1, -0.05) is 45.9 Å². The molecule has 6 rings (SSSR count). The van der Waals surface area contributed by atoms with Crippen LogP contribution >= 0.6 is 0 Å². The zero-order valence-electron chi connectivity index (χ0n) is 34.4. The Morgan fingerprint density at radius 1 is 0.966 bits per heavy atom. The average molecular weight is 809 g/mol. The lowest BCUT2D eigenvalue weighted by molar-refractivity contribution is -0.160. The number of fused-ring (bicyclic) bond motifs is 14. The van der Waals surface area contributed by atoms with E-state index in [0.717, 1.165) is 0 Å². The van der Waals surface area contributed by atoms with E-state index in [-0.39, 0.29) is 44.5 Å². The molecule has 16 nitrogen and oxygen atoms in total. The molecule has 2 aromatic carbocycles. The van der Waals surface area contributed by atoms with Gasteiger partial charge in [-0.25, -0.2) is 0 Å². The third kappa shape index (κ3) is 8.51. The Balaban J connectivity index is 1.71. The number of phenols is 3. The topological polar surface area (TPSA) is 229 Å². The summed E-state index contributed by atoms with van der Waals surface area (Å²) in [5.41, 5.74) is -0.364. The number of ether oxygens (including phenoxy) is 4. The maximum atomic E-state index is 14.4. The number of ketones is 1. The monoisotopic (exact) mass is 808 g/mol. The van der Waals surface area contributed by atoms with Gasteiger partial charge in [0.05, 0.1) is 53.0 Å². The van der Waals surface area contributed by atoms with Gasteiger partial charge in [0.2, 0.25) is 0 Å². The molecule has 4 heterocycles. The summed E-state index contributed by atoms with van der Waals surface area (Å²) in [4.78, 5) is 40.4. The standard InChI is InChI=1S/C42H56N4O12/c1-20-11-10-12-21(2)41(54)45-32-27(19-44-46-16-14-43-15-17-46)36(51)29-30(37(32)52)35(50)25(6)39-31(29)40(53)42(8,58-39)56-18-13-28(55-9)22(3)38(57-26(7)47)24(5)34(49)23(4)33(20)48/h10-13,18-20,22-24,28,33-34,38,43,48-52H,14-17H2,1-9H3,(H,45,54)/b11-10+,18-13+,21-12-,44-19?/t20-,22-,23+,24-,28-,33-,34+,38+,42-/m0/s1. The number of Topliss-reactive ketones (excluding diaryl/α,β-unsaturated/α-hetero) is 1. The molecule has 0 radical (unpaired) electrons. The van der Waals surface area contributed by atoms with Gasteiger partial charge in [0.25, 0.3) is 11.7 Å². The second-order valence-electron chi connectivity index (χ2n) is 15.6. The number of carbonyl (C=O) groups excluding carboxylic acids is 3. The Hall–Kier alpha value is -5.16. The fraction of sp³-hybridized carbons (Fsp3) is 0.524. The van der Waals surface area contributed by atoms with Crippen LogP contribution in [0.3, 0.4) is 0 Å². The van der Waals surface area contributed by atoms with Gasteiger partial charge in [-0.05, 0) is 19.9 Å². The van der Waals surface area contributed by atoms with Crippen molar-refractivity contribution in [3.05, 3.63) is 52.8 Å². The SMILES string of the molecule is CO[C@H]1/C=C/O[C@@]2(C)Oc3c(C)c(O)c4c(O)c(c(C=NN5CCNCC5)c(O)c4c3C2=O)NC(=O)/C(C)=C\C=C\[C@H](C)[C@H](O)[C@@H](C)[C@@H](O)[C@H](C)[C@H](OC(C)=O)[C@H]1C. The molecule has 9 atom stereocenters. The van der Waals surface area contributed by atoms with E-state index >= 15 is 0 Å². The predicted molar refractivity (Wildman–Crippen MR) is 216 cm³/mol. The van der Waals surface area contributed by atoms with Gasteiger partial charge in [0.15, 0.2) is 5.75 Å². The zero-order valence-corrected chi connectivity index (χ0v) is 34.4. The number of rotatable bonds is 4. The average Bonchev–Trinajstić information content (AvgIpc) is 3.46. The Bertz CT molecular complexity index is 2040. The lowest BCUT2D eigenvalue weighted by Gasteiger charge is -2.38. The number of anilines is 1. The second kappa shape index (κ2) is 17.8. The highest BCUT2D eigenvalue weighted by molar-refractivity contribution is 6.23. The molecule has 0 saturated carbocycles.